The SMILES string of the molecule is CCc1ccc(NC(=O)CCc2ccc(OC)c(F)c2)cc1. The summed E-state index contributed by atoms with van der Waals surface area (Å²) in [7, 11) is 1.43. The maximum Gasteiger partial charge on any atom is 0.224 e. The van der Waals surface area contributed by atoms with Crippen LogP contribution in [0.1, 0.15) is 24.5 Å². The molecule has 0 fully saturated rings. The van der Waals surface area contributed by atoms with E-state index in [1.165, 1.54) is 18.7 Å². The predicted molar refractivity (Wildman–Crippen MR) is 85.7 cm³/mol. The van der Waals surface area contributed by atoms with E-state index in [1.54, 1.807) is 12.1 Å². The van der Waals surface area contributed by atoms with Crippen LogP contribution in [-0.4, -0.2) is 13.0 Å². The average molecular weight is 301 g/mol. The summed E-state index contributed by atoms with van der Waals surface area (Å²) >= 11 is 0. The first kappa shape index (κ1) is 16.0. The Hall–Kier alpha value is -2.36. The van der Waals surface area contributed by atoms with Gasteiger partial charge in [-0.05, 0) is 48.2 Å². The fourth-order valence-corrected chi connectivity index (χ4v) is 2.17. The number of carbonyl (C=O) groups is 1. The number of hydrogen-bond donors (Lipinski definition) is 1. The molecule has 0 saturated carbocycles. The molecule has 0 saturated heterocycles. The summed E-state index contributed by atoms with van der Waals surface area (Å²) in [5.74, 6) is -0.278. The molecule has 1 amide bonds. The minimum absolute atomic E-state index is 0.0829. The van der Waals surface area contributed by atoms with Crippen molar-refractivity contribution in [3.05, 3.63) is 59.4 Å². The van der Waals surface area contributed by atoms with Crippen LogP contribution < -0.4 is 10.1 Å². The second kappa shape index (κ2) is 7.59. The fraction of sp³-hybridized carbons (Fsp3) is 0.278. The van der Waals surface area contributed by atoms with E-state index in [1.807, 2.05) is 24.3 Å². The lowest BCUT2D eigenvalue weighted by Gasteiger charge is -2.07. The van der Waals surface area contributed by atoms with E-state index >= 15 is 0 Å². The van der Waals surface area contributed by atoms with Crippen LogP contribution in [0.2, 0.25) is 0 Å². The van der Waals surface area contributed by atoms with Gasteiger partial charge in [-0.2, -0.15) is 0 Å². The zero-order chi connectivity index (χ0) is 15.9. The molecule has 3 nitrogen and oxygen atoms in total. The number of benzene rings is 2. The van der Waals surface area contributed by atoms with Crippen LogP contribution in [0.5, 0.6) is 5.75 Å². The summed E-state index contributed by atoms with van der Waals surface area (Å²) in [4.78, 5) is 11.9. The summed E-state index contributed by atoms with van der Waals surface area (Å²) in [5, 5.41) is 2.84. The molecule has 0 aromatic heterocycles. The maximum atomic E-state index is 13.6. The minimum Gasteiger partial charge on any atom is -0.494 e. The highest BCUT2D eigenvalue weighted by Gasteiger charge is 2.06. The third kappa shape index (κ3) is 4.32. The fourth-order valence-electron chi connectivity index (χ4n) is 2.17. The number of rotatable bonds is 6. The van der Waals surface area contributed by atoms with Gasteiger partial charge in [0.1, 0.15) is 0 Å². The van der Waals surface area contributed by atoms with Crippen LogP contribution >= 0.6 is 0 Å². The Morgan fingerprint density at radius 3 is 2.41 bits per heavy atom. The number of ether oxygens (including phenoxy) is 1. The monoisotopic (exact) mass is 301 g/mol. The number of hydrogen-bond acceptors (Lipinski definition) is 2. The first-order chi connectivity index (χ1) is 10.6. The molecule has 1 N–H and O–H groups in total. The third-order valence-electron chi connectivity index (χ3n) is 3.50. The van der Waals surface area contributed by atoms with E-state index < -0.39 is 5.82 Å². The van der Waals surface area contributed by atoms with Gasteiger partial charge >= 0.3 is 0 Å². The highest BCUT2D eigenvalue weighted by molar-refractivity contribution is 5.90. The summed E-state index contributed by atoms with van der Waals surface area (Å²) < 4.78 is 18.4. The van der Waals surface area contributed by atoms with Crippen LogP contribution in [0.15, 0.2) is 42.5 Å². The lowest BCUT2D eigenvalue weighted by Crippen LogP contribution is -2.12. The molecule has 2 rings (SSSR count). The quantitative estimate of drug-likeness (QED) is 0.877. The standard InChI is InChI=1S/C18H20FNO2/c1-3-13-4-8-15(9-5-13)20-18(21)11-7-14-6-10-17(22-2)16(19)12-14/h4-6,8-10,12H,3,7,11H2,1-2H3,(H,20,21). The van der Waals surface area contributed by atoms with Crippen molar-refractivity contribution >= 4 is 11.6 Å². The summed E-state index contributed by atoms with van der Waals surface area (Å²) in [6, 6.07) is 12.5. The third-order valence-corrected chi connectivity index (χ3v) is 3.50. The Morgan fingerprint density at radius 1 is 1.14 bits per heavy atom. The highest BCUT2D eigenvalue weighted by atomic mass is 19.1. The molecule has 0 unspecified atom stereocenters. The zero-order valence-corrected chi connectivity index (χ0v) is 12.9. The van der Waals surface area contributed by atoms with Crippen molar-refractivity contribution in [1.29, 1.82) is 0 Å². The van der Waals surface area contributed by atoms with Crippen molar-refractivity contribution in [1.82, 2.24) is 0 Å². The molecular formula is C18H20FNO2. The number of anilines is 1. The number of nitrogens with one attached hydrogen (secondary N) is 1. The molecule has 0 aliphatic heterocycles. The van der Waals surface area contributed by atoms with Crippen molar-refractivity contribution in [2.45, 2.75) is 26.2 Å². The predicted octanol–water partition coefficient (Wildman–Crippen LogP) is 3.97. The van der Waals surface area contributed by atoms with Gasteiger partial charge in [-0.3, -0.25) is 4.79 Å². The highest BCUT2D eigenvalue weighted by Crippen LogP contribution is 2.18. The minimum atomic E-state index is -0.407. The molecule has 0 radical (unpaired) electrons. The Balaban J connectivity index is 1.88. The van der Waals surface area contributed by atoms with Crippen LogP contribution in [0.3, 0.4) is 0 Å². The van der Waals surface area contributed by atoms with E-state index in [-0.39, 0.29) is 11.7 Å². The van der Waals surface area contributed by atoms with E-state index in [9.17, 15) is 9.18 Å². The van der Waals surface area contributed by atoms with Gasteiger partial charge in [-0.1, -0.05) is 25.1 Å². The number of methoxy groups -OCH3 is 1. The molecule has 22 heavy (non-hydrogen) atoms. The van der Waals surface area contributed by atoms with Gasteiger partial charge in [0.25, 0.3) is 0 Å². The average Bonchev–Trinajstić information content (AvgIpc) is 2.54. The lowest BCUT2D eigenvalue weighted by atomic mass is 10.1. The van der Waals surface area contributed by atoms with Crippen LogP contribution in [-0.2, 0) is 17.6 Å². The van der Waals surface area contributed by atoms with E-state index in [2.05, 4.69) is 12.2 Å². The molecule has 0 atom stereocenters. The number of aryl methyl sites for hydroxylation is 2. The van der Waals surface area contributed by atoms with Gasteiger partial charge in [-0.15, -0.1) is 0 Å². The normalized spacial score (nSPS) is 10.3. The number of amides is 1. The van der Waals surface area contributed by atoms with E-state index in [4.69, 9.17) is 4.74 Å². The molecule has 2 aromatic rings. The van der Waals surface area contributed by atoms with E-state index in [0.717, 1.165) is 17.7 Å². The molecule has 0 aliphatic carbocycles. The smallest absolute Gasteiger partial charge is 0.224 e. The van der Waals surface area contributed by atoms with Crippen LogP contribution in [0.25, 0.3) is 0 Å². The molecule has 0 spiro atoms. The summed E-state index contributed by atoms with van der Waals surface area (Å²) in [6.45, 7) is 2.08. The Labute approximate surface area is 130 Å². The topological polar surface area (TPSA) is 38.3 Å². The molecule has 4 heteroatoms. The number of halogens is 1. The van der Waals surface area contributed by atoms with Crippen molar-refractivity contribution in [2.24, 2.45) is 0 Å². The molecule has 2 aromatic carbocycles. The van der Waals surface area contributed by atoms with Gasteiger partial charge in [-0.25, -0.2) is 4.39 Å². The summed E-state index contributed by atoms with van der Waals surface area (Å²) in [5.41, 5.74) is 2.78. The van der Waals surface area contributed by atoms with Crippen molar-refractivity contribution < 1.29 is 13.9 Å². The van der Waals surface area contributed by atoms with Crippen LogP contribution in [0, 0.1) is 5.82 Å². The largest absolute Gasteiger partial charge is 0.494 e. The van der Waals surface area contributed by atoms with E-state index in [0.29, 0.717) is 12.8 Å². The molecule has 0 heterocycles. The van der Waals surface area contributed by atoms with Gasteiger partial charge in [0, 0.05) is 12.1 Å². The second-order valence-electron chi connectivity index (χ2n) is 5.07. The molecule has 0 bridgehead atoms. The van der Waals surface area contributed by atoms with Crippen molar-refractivity contribution in [3.63, 3.8) is 0 Å². The van der Waals surface area contributed by atoms with Gasteiger partial charge < -0.3 is 10.1 Å². The maximum absolute atomic E-state index is 13.6. The Kier molecular flexibility index (Phi) is 5.53. The molecule has 116 valence electrons. The van der Waals surface area contributed by atoms with Crippen molar-refractivity contribution in [2.75, 3.05) is 12.4 Å². The van der Waals surface area contributed by atoms with Gasteiger partial charge in [0.2, 0.25) is 5.91 Å². The Morgan fingerprint density at radius 2 is 1.82 bits per heavy atom. The first-order valence-corrected chi connectivity index (χ1v) is 7.33. The molecular weight excluding hydrogens is 281 g/mol. The van der Waals surface area contributed by atoms with Crippen LogP contribution in [0.4, 0.5) is 10.1 Å². The zero-order valence-electron chi connectivity index (χ0n) is 12.9. The Bertz CT molecular complexity index is 638. The molecule has 0 aliphatic rings. The van der Waals surface area contributed by atoms with Gasteiger partial charge in [0.05, 0.1) is 7.11 Å². The second-order valence-corrected chi connectivity index (χ2v) is 5.07. The summed E-state index contributed by atoms with van der Waals surface area (Å²) in [6.07, 6.45) is 1.76. The van der Waals surface area contributed by atoms with Gasteiger partial charge in [0.15, 0.2) is 11.6 Å². The van der Waals surface area contributed by atoms with Crippen molar-refractivity contribution in [3.8, 4) is 5.75 Å². The lowest BCUT2D eigenvalue weighted by molar-refractivity contribution is -0.116. The number of carbonyl (C=O) groups excluding carboxylic acids is 1. The first-order valence-electron chi connectivity index (χ1n) is 7.33.